The first-order chi connectivity index (χ1) is 9.51. The Morgan fingerprint density at radius 3 is 2.70 bits per heavy atom. The number of alkyl halides is 3. The number of hydrogen-bond acceptors (Lipinski definition) is 3. The van der Waals surface area contributed by atoms with Crippen LogP contribution in [0.4, 0.5) is 0 Å². The number of carbonyl (C=O) groups excluding carboxylic acids is 1. The Labute approximate surface area is 134 Å². The maximum absolute atomic E-state index is 11.9. The van der Waals surface area contributed by atoms with E-state index in [1.807, 2.05) is 0 Å². The highest BCUT2D eigenvalue weighted by Crippen LogP contribution is 2.33. The highest BCUT2D eigenvalue weighted by molar-refractivity contribution is 6.51. The van der Waals surface area contributed by atoms with Crippen LogP contribution in [0.5, 0.6) is 0 Å². The smallest absolute Gasteiger partial charge is 0.221 e. The molecule has 0 bridgehead atoms. The summed E-state index contributed by atoms with van der Waals surface area (Å²) < 4.78 is 0.0423. The van der Waals surface area contributed by atoms with E-state index in [4.69, 9.17) is 34.8 Å². The van der Waals surface area contributed by atoms with Crippen molar-refractivity contribution >= 4 is 40.7 Å². The fourth-order valence-electron chi connectivity index (χ4n) is 1.73. The highest BCUT2D eigenvalue weighted by Gasteiger charge is 2.37. The molecule has 20 heavy (non-hydrogen) atoms. The van der Waals surface area contributed by atoms with Crippen molar-refractivity contribution in [2.75, 3.05) is 5.88 Å². The number of rotatable bonds is 9. The first-order valence-electron chi connectivity index (χ1n) is 6.58. The van der Waals surface area contributed by atoms with Crippen LogP contribution in [0.25, 0.3) is 0 Å². The van der Waals surface area contributed by atoms with Gasteiger partial charge in [0.2, 0.25) is 5.91 Å². The molecular weight excluding hydrogens is 323 g/mol. The summed E-state index contributed by atoms with van der Waals surface area (Å²) in [5.41, 5.74) is 0. The number of aromatic nitrogens is 3. The van der Waals surface area contributed by atoms with Crippen molar-refractivity contribution in [2.45, 2.75) is 49.5 Å². The molecule has 0 aliphatic carbocycles. The SMILES string of the molecule is CCCCCCC(=O)NC(n1cncn1)C(Cl)(Cl)CCl. The van der Waals surface area contributed by atoms with E-state index >= 15 is 0 Å². The van der Waals surface area contributed by atoms with Gasteiger partial charge >= 0.3 is 0 Å². The average Bonchev–Trinajstić information content (AvgIpc) is 2.94. The van der Waals surface area contributed by atoms with Crippen LogP contribution in [0.2, 0.25) is 0 Å². The molecule has 0 fully saturated rings. The molecule has 1 amide bonds. The fourth-order valence-corrected chi connectivity index (χ4v) is 2.18. The lowest BCUT2D eigenvalue weighted by Gasteiger charge is -2.28. The monoisotopic (exact) mass is 340 g/mol. The maximum atomic E-state index is 11.9. The van der Waals surface area contributed by atoms with Gasteiger partial charge in [-0.3, -0.25) is 4.79 Å². The van der Waals surface area contributed by atoms with E-state index in [-0.39, 0.29) is 11.8 Å². The van der Waals surface area contributed by atoms with Crippen molar-refractivity contribution < 1.29 is 4.79 Å². The van der Waals surface area contributed by atoms with E-state index in [1.165, 1.54) is 17.3 Å². The minimum absolute atomic E-state index is 0.0449. The molecule has 1 rings (SSSR count). The molecule has 0 aromatic carbocycles. The second-order valence-corrected chi connectivity index (χ2v) is 6.36. The molecule has 0 aliphatic rings. The van der Waals surface area contributed by atoms with Crippen LogP contribution in [0, 0.1) is 0 Å². The van der Waals surface area contributed by atoms with E-state index in [2.05, 4.69) is 22.3 Å². The summed E-state index contributed by atoms with van der Waals surface area (Å²) in [5.74, 6) is -0.172. The van der Waals surface area contributed by atoms with Gasteiger partial charge in [0.1, 0.15) is 12.7 Å². The van der Waals surface area contributed by atoms with Crippen molar-refractivity contribution in [3.05, 3.63) is 12.7 Å². The quantitative estimate of drug-likeness (QED) is 0.554. The number of hydrogen-bond donors (Lipinski definition) is 1. The number of nitrogens with zero attached hydrogens (tertiary/aromatic N) is 3. The first-order valence-corrected chi connectivity index (χ1v) is 7.87. The van der Waals surface area contributed by atoms with E-state index < -0.39 is 10.5 Å². The van der Waals surface area contributed by atoms with Crippen LogP contribution in [0.15, 0.2) is 12.7 Å². The Hall–Kier alpha value is -0.520. The summed E-state index contributed by atoms with van der Waals surface area (Å²) in [7, 11) is 0. The second-order valence-electron chi connectivity index (χ2n) is 4.55. The molecule has 1 aromatic heterocycles. The van der Waals surface area contributed by atoms with Gasteiger partial charge in [-0.15, -0.1) is 11.6 Å². The van der Waals surface area contributed by atoms with Gasteiger partial charge in [0, 0.05) is 6.42 Å². The lowest BCUT2D eigenvalue weighted by Crippen LogP contribution is -2.44. The largest absolute Gasteiger partial charge is 0.332 e. The van der Waals surface area contributed by atoms with E-state index in [0.29, 0.717) is 6.42 Å². The van der Waals surface area contributed by atoms with Crippen LogP contribution in [0.3, 0.4) is 0 Å². The number of unbranched alkanes of at least 4 members (excludes halogenated alkanes) is 3. The Morgan fingerprint density at radius 1 is 1.40 bits per heavy atom. The fraction of sp³-hybridized carbons (Fsp3) is 0.750. The van der Waals surface area contributed by atoms with Crippen LogP contribution in [0.1, 0.15) is 45.2 Å². The molecule has 1 aromatic rings. The molecule has 0 radical (unpaired) electrons. The molecule has 8 heteroatoms. The predicted molar refractivity (Wildman–Crippen MR) is 81.1 cm³/mol. The summed E-state index contributed by atoms with van der Waals surface area (Å²) in [5, 5.41) is 6.72. The number of amides is 1. The minimum atomic E-state index is -1.35. The average molecular weight is 342 g/mol. The topological polar surface area (TPSA) is 59.8 Å². The zero-order chi connectivity index (χ0) is 15.0. The normalized spacial score (nSPS) is 13.2. The molecular formula is C12H19Cl3N4O. The van der Waals surface area contributed by atoms with Crippen LogP contribution in [-0.2, 0) is 4.79 Å². The molecule has 1 atom stereocenters. The molecule has 5 nitrogen and oxygen atoms in total. The Kier molecular flexibility index (Phi) is 7.62. The molecule has 1 N–H and O–H groups in total. The predicted octanol–water partition coefficient (Wildman–Crippen LogP) is 3.28. The van der Waals surface area contributed by atoms with Gasteiger partial charge in [-0.25, -0.2) is 9.67 Å². The van der Waals surface area contributed by atoms with Gasteiger partial charge in [-0.2, -0.15) is 5.10 Å². The summed E-state index contributed by atoms with van der Waals surface area (Å²) in [6.07, 6.45) is 6.58. The van der Waals surface area contributed by atoms with E-state index in [0.717, 1.165) is 25.7 Å². The summed E-state index contributed by atoms with van der Waals surface area (Å²) >= 11 is 18.0. The molecule has 0 aliphatic heterocycles. The lowest BCUT2D eigenvalue weighted by atomic mass is 10.1. The zero-order valence-corrected chi connectivity index (χ0v) is 13.6. The van der Waals surface area contributed by atoms with Crippen LogP contribution < -0.4 is 5.32 Å². The van der Waals surface area contributed by atoms with Crippen molar-refractivity contribution in [3.63, 3.8) is 0 Å². The molecule has 1 unspecified atom stereocenters. The number of nitrogens with one attached hydrogen (secondary N) is 1. The van der Waals surface area contributed by atoms with Crippen LogP contribution >= 0.6 is 34.8 Å². The van der Waals surface area contributed by atoms with E-state index in [9.17, 15) is 4.79 Å². The van der Waals surface area contributed by atoms with Gasteiger partial charge in [-0.1, -0.05) is 49.4 Å². The lowest BCUT2D eigenvalue weighted by molar-refractivity contribution is -0.122. The van der Waals surface area contributed by atoms with Crippen molar-refractivity contribution in [1.82, 2.24) is 20.1 Å². The van der Waals surface area contributed by atoms with Crippen molar-refractivity contribution in [2.24, 2.45) is 0 Å². The second kappa shape index (κ2) is 8.70. The van der Waals surface area contributed by atoms with Crippen LogP contribution in [-0.4, -0.2) is 30.9 Å². The molecule has 114 valence electrons. The minimum Gasteiger partial charge on any atom is -0.332 e. The molecule has 0 saturated carbocycles. The Morgan fingerprint density at radius 2 is 2.15 bits per heavy atom. The maximum Gasteiger partial charge on any atom is 0.221 e. The number of halogens is 3. The van der Waals surface area contributed by atoms with E-state index in [1.54, 1.807) is 0 Å². The zero-order valence-electron chi connectivity index (χ0n) is 11.4. The van der Waals surface area contributed by atoms with Crippen molar-refractivity contribution in [3.8, 4) is 0 Å². The highest BCUT2D eigenvalue weighted by atomic mass is 35.5. The van der Waals surface area contributed by atoms with Gasteiger partial charge in [-0.05, 0) is 6.42 Å². The summed E-state index contributed by atoms with van der Waals surface area (Å²) in [6.45, 7) is 2.12. The summed E-state index contributed by atoms with van der Waals surface area (Å²) in [4.78, 5) is 15.8. The first kappa shape index (κ1) is 17.5. The van der Waals surface area contributed by atoms with Gasteiger partial charge in [0.05, 0.1) is 5.88 Å². The molecule has 0 saturated heterocycles. The van der Waals surface area contributed by atoms with Crippen molar-refractivity contribution in [1.29, 1.82) is 0 Å². The number of carbonyl (C=O) groups is 1. The molecule has 0 spiro atoms. The Balaban J connectivity index is 2.60. The summed E-state index contributed by atoms with van der Waals surface area (Å²) in [6, 6.07) is 0. The standard InChI is InChI=1S/C12H19Cl3N4O/c1-2-3-4-5-6-10(20)18-11(12(14,15)7-13)19-9-16-8-17-19/h8-9,11H,2-7H2,1H3,(H,18,20). The van der Waals surface area contributed by atoms with Gasteiger partial charge in [0.25, 0.3) is 0 Å². The third-order valence-electron chi connectivity index (χ3n) is 2.83. The third kappa shape index (κ3) is 5.46. The Bertz CT molecular complexity index is 397. The van der Waals surface area contributed by atoms with Gasteiger partial charge < -0.3 is 5.32 Å². The third-order valence-corrected chi connectivity index (χ3v) is 4.21. The molecule has 1 heterocycles. The van der Waals surface area contributed by atoms with Gasteiger partial charge in [0.15, 0.2) is 10.5 Å².